The maximum Gasteiger partial charge on any atom is 0.323 e. The van der Waals surface area contributed by atoms with Crippen molar-refractivity contribution in [2.24, 2.45) is 5.92 Å². The number of aryl methyl sites for hydroxylation is 2. The highest BCUT2D eigenvalue weighted by Crippen LogP contribution is 2.19. The molecule has 1 aromatic carbocycles. The minimum atomic E-state index is -0.158. The summed E-state index contributed by atoms with van der Waals surface area (Å²) in [5.41, 5.74) is 3.12. The lowest BCUT2D eigenvalue weighted by molar-refractivity contribution is 0.208. The number of hydrogen-bond donors (Lipinski definition) is 2. The number of anilines is 1. The van der Waals surface area contributed by atoms with Gasteiger partial charge in [-0.2, -0.15) is 0 Å². The summed E-state index contributed by atoms with van der Waals surface area (Å²) in [4.78, 5) is 14.0. The van der Waals surface area contributed by atoms with Gasteiger partial charge in [-0.15, -0.1) is 5.10 Å². The first kappa shape index (κ1) is 15.6. The lowest BCUT2D eigenvalue weighted by atomic mass is 10.1. The number of hydrogen-bond acceptors (Lipinski definition) is 3. The van der Waals surface area contributed by atoms with Gasteiger partial charge < -0.3 is 10.0 Å². The standard InChI is InChI=1S/C17H22N4O2/c1-12-3-5-15(6-4-12)21-13(2)9-16(19-21)18-17(23)20-8-7-14(10-20)11-22/h3-6,9,14,22H,7-8,10-11H2,1-2H3,(H,18,19,23)/t14-/m1/s1. The SMILES string of the molecule is Cc1ccc(-n2nc(NC(=O)N3CC[C@@H](CO)C3)cc2C)cc1. The molecule has 6 nitrogen and oxygen atoms in total. The lowest BCUT2D eigenvalue weighted by Crippen LogP contribution is -2.33. The fourth-order valence-electron chi connectivity index (χ4n) is 2.84. The Bertz CT molecular complexity index is 693. The van der Waals surface area contributed by atoms with E-state index in [2.05, 4.69) is 10.4 Å². The van der Waals surface area contributed by atoms with Crippen LogP contribution in [-0.2, 0) is 0 Å². The minimum Gasteiger partial charge on any atom is -0.396 e. The van der Waals surface area contributed by atoms with E-state index in [9.17, 15) is 4.79 Å². The van der Waals surface area contributed by atoms with Gasteiger partial charge in [0.25, 0.3) is 0 Å². The zero-order chi connectivity index (χ0) is 16.4. The van der Waals surface area contributed by atoms with Crippen LogP contribution in [0.4, 0.5) is 10.6 Å². The number of nitrogens with one attached hydrogen (secondary N) is 1. The molecule has 2 N–H and O–H groups in total. The molecule has 3 rings (SSSR count). The van der Waals surface area contributed by atoms with Crippen LogP contribution in [0, 0.1) is 19.8 Å². The van der Waals surface area contributed by atoms with E-state index in [4.69, 9.17) is 5.11 Å². The minimum absolute atomic E-state index is 0.130. The summed E-state index contributed by atoms with van der Waals surface area (Å²) in [6.07, 6.45) is 0.848. The summed E-state index contributed by atoms with van der Waals surface area (Å²) in [6, 6.07) is 9.79. The molecule has 2 amide bonds. The lowest BCUT2D eigenvalue weighted by Gasteiger charge is -2.15. The Morgan fingerprint density at radius 3 is 2.74 bits per heavy atom. The fourth-order valence-corrected chi connectivity index (χ4v) is 2.84. The number of aliphatic hydroxyl groups excluding tert-OH is 1. The quantitative estimate of drug-likeness (QED) is 0.913. The molecule has 2 heterocycles. The molecule has 2 aromatic rings. The van der Waals surface area contributed by atoms with Crippen LogP contribution in [0.3, 0.4) is 0 Å². The Morgan fingerprint density at radius 1 is 1.35 bits per heavy atom. The van der Waals surface area contributed by atoms with Crippen LogP contribution in [-0.4, -0.2) is 45.5 Å². The highest BCUT2D eigenvalue weighted by Gasteiger charge is 2.26. The molecule has 1 atom stereocenters. The van der Waals surface area contributed by atoms with Gasteiger partial charge in [-0.25, -0.2) is 9.48 Å². The van der Waals surface area contributed by atoms with E-state index < -0.39 is 0 Å². The number of carbonyl (C=O) groups is 1. The molecule has 6 heteroatoms. The summed E-state index contributed by atoms with van der Waals surface area (Å²) < 4.78 is 1.82. The molecule has 0 saturated carbocycles. The maximum atomic E-state index is 12.3. The van der Waals surface area contributed by atoms with Crippen molar-refractivity contribution in [1.82, 2.24) is 14.7 Å². The number of amides is 2. The summed E-state index contributed by atoms with van der Waals surface area (Å²) in [5, 5.41) is 16.5. The number of aromatic nitrogens is 2. The van der Waals surface area contributed by atoms with Gasteiger partial charge in [0.1, 0.15) is 0 Å². The average Bonchev–Trinajstić information content (AvgIpc) is 3.15. The smallest absolute Gasteiger partial charge is 0.323 e. The highest BCUT2D eigenvalue weighted by molar-refractivity contribution is 5.88. The second-order valence-electron chi connectivity index (χ2n) is 6.13. The van der Waals surface area contributed by atoms with Gasteiger partial charge in [-0.1, -0.05) is 17.7 Å². The number of rotatable bonds is 3. The molecule has 1 aliphatic rings. The van der Waals surface area contributed by atoms with Crippen LogP contribution >= 0.6 is 0 Å². The molecule has 23 heavy (non-hydrogen) atoms. The number of aliphatic hydroxyl groups is 1. The van der Waals surface area contributed by atoms with Gasteiger partial charge in [-0.3, -0.25) is 5.32 Å². The first-order chi connectivity index (χ1) is 11.1. The van der Waals surface area contributed by atoms with Crippen molar-refractivity contribution in [3.63, 3.8) is 0 Å². The molecule has 1 aliphatic heterocycles. The van der Waals surface area contributed by atoms with E-state index in [1.54, 1.807) is 4.90 Å². The Hall–Kier alpha value is -2.34. The molecule has 0 aliphatic carbocycles. The molecule has 1 saturated heterocycles. The molecule has 0 unspecified atom stereocenters. The molecule has 122 valence electrons. The third-order valence-electron chi connectivity index (χ3n) is 4.23. The van der Waals surface area contributed by atoms with E-state index in [-0.39, 0.29) is 18.6 Å². The molecule has 0 spiro atoms. The van der Waals surface area contributed by atoms with Gasteiger partial charge in [0.2, 0.25) is 0 Å². The second-order valence-corrected chi connectivity index (χ2v) is 6.13. The van der Waals surface area contributed by atoms with Gasteiger partial charge in [0.05, 0.1) is 5.69 Å². The first-order valence-corrected chi connectivity index (χ1v) is 7.87. The van der Waals surface area contributed by atoms with Crippen molar-refractivity contribution in [1.29, 1.82) is 0 Å². The Labute approximate surface area is 135 Å². The Morgan fingerprint density at radius 2 is 2.09 bits per heavy atom. The topological polar surface area (TPSA) is 70.4 Å². The average molecular weight is 314 g/mol. The van der Waals surface area contributed by atoms with E-state index >= 15 is 0 Å². The largest absolute Gasteiger partial charge is 0.396 e. The van der Waals surface area contributed by atoms with Crippen LogP contribution in [0.15, 0.2) is 30.3 Å². The van der Waals surface area contributed by atoms with Crippen LogP contribution in [0.5, 0.6) is 0 Å². The maximum absolute atomic E-state index is 12.3. The van der Waals surface area contributed by atoms with Crippen LogP contribution in [0.2, 0.25) is 0 Å². The van der Waals surface area contributed by atoms with E-state index in [0.29, 0.717) is 18.9 Å². The van der Waals surface area contributed by atoms with Crippen molar-refractivity contribution in [2.75, 3.05) is 25.0 Å². The van der Waals surface area contributed by atoms with E-state index in [1.807, 2.05) is 48.9 Å². The van der Waals surface area contributed by atoms with Crippen LogP contribution < -0.4 is 5.32 Å². The predicted molar refractivity (Wildman–Crippen MR) is 88.8 cm³/mol. The van der Waals surface area contributed by atoms with Crippen molar-refractivity contribution < 1.29 is 9.90 Å². The summed E-state index contributed by atoms with van der Waals surface area (Å²) in [7, 11) is 0. The molecule has 1 fully saturated rings. The summed E-state index contributed by atoms with van der Waals surface area (Å²) in [6.45, 7) is 5.40. The number of urea groups is 1. The number of nitrogens with zero attached hydrogens (tertiary/aromatic N) is 3. The fraction of sp³-hybridized carbons (Fsp3) is 0.412. The van der Waals surface area contributed by atoms with Crippen molar-refractivity contribution in [3.8, 4) is 5.69 Å². The monoisotopic (exact) mass is 314 g/mol. The van der Waals surface area contributed by atoms with Gasteiger partial charge >= 0.3 is 6.03 Å². The number of likely N-dealkylation sites (tertiary alicyclic amines) is 1. The van der Waals surface area contributed by atoms with Crippen molar-refractivity contribution in [3.05, 3.63) is 41.6 Å². The van der Waals surface area contributed by atoms with Crippen LogP contribution in [0.25, 0.3) is 5.69 Å². The third-order valence-corrected chi connectivity index (χ3v) is 4.23. The van der Waals surface area contributed by atoms with Gasteiger partial charge in [0, 0.05) is 37.4 Å². The van der Waals surface area contributed by atoms with Gasteiger partial charge in [-0.05, 0) is 32.4 Å². The molecular formula is C17H22N4O2. The summed E-state index contributed by atoms with van der Waals surface area (Å²) in [5.74, 6) is 0.730. The first-order valence-electron chi connectivity index (χ1n) is 7.87. The van der Waals surface area contributed by atoms with Crippen LogP contribution in [0.1, 0.15) is 17.7 Å². The summed E-state index contributed by atoms with van der Waals surface area (Å²) >= 11 is 0. The second kappa shape index (κ2) is 6.42. The molecular weight excluding hydrogens is 292 g/mol. The Balaban J connectivity index is 1.71. The zero-order valence-corrected chi connectivity index (χ0v) is 13.5. The van der Waals surface area contributed by atoms with Crippen molar-refractivity contribution >= 4 is 11.8 Å². The Kier molecular flexibility index (Phi) is 4.34. The normalized spacial score (nSPS) is 17.5. The third kappa shape index (κ3) is 3.37. The number of benzene rings is 1. The van der Waals surface area contributed by atoms with E-state index in [1.165, 1.54) is 5.56 Å². The van der Waals surface area contributed by atoms with E-state index in [0.717, 1.165) is 17.8 Å². The zero-order valence-electron chi connectivity index (χ0n) is 13.5. The molecule has 0 bridgehead atoms. The van der Waals surface area contributed by atoms with Crippen molar-refractivity contribution in [2.45, 2.75) is 20.3 Å². The molecule has 0 radical (unpaired) electrons. The van der Waals surface area contributed by atoms with Gasteiger partial charge in [0.15, 0.2) is 5.82 Å². The predicted octanol–water partition coefficient (Wildman–Crippen LogP) is 2.34. The highest BCUT2D eigenvalue weighted by atomic mass is 16.3. The molecule has 1 aromatic heterocycles. The number of carbonyl (C=O) groups excluding carboxylic acids is 1.